The molecule has 0 atom stereocenters. The van der Waals surface area contributed by atoms with Crippen molar-refractivity contribution in [3.8, 4) is 11.5 Å². The number of ether oxygens (including phenoxy) is 3. The van der Waals surface area contributed by atoms with E-state index in [9.17, 15) is 9.59 Å². The van der Waals surface area contributed by atoms with Gasteiger partial charge < -0.3 is 14.2 Å². The highest BCUT2D eigenvalue weighted by atomic mass is 16.6. The molecular weight excluding hydrogens is 452 g/mol. The number of hydrogen-bond acceptors (Lipinski definition) is 5. The van der Waals surface area contributed by atoms with Crippen molar-refractivity contribution in [1.29, 1.82) is 0 Å². The van der Waals surface area contributed by atoms with Crippen molar-refractivity contribution < 1.29 is 23.8 Å². The van der Waals surface area contributed by atoms with Crippen LogP contribution >= 0.6 is 0 Å². The first-order chi connectivity index (χ1) is 17.4. The normalized spacial score (nSPS) is 11.4. The van der Waals surface area contributed by atoms with Gasteiger partial charge >= 0.3 is 11.9 Å². The van der Waals surface area contributed by atoms with Crippen LogP contribution in [0.3, 0.4) is 0 Å². The first-order valence-electron chi connectivity index (χ1n) is 14.5. The molecular formula is C31H52O5. The minimum absolute atomic E-state index is 0.327. The average Bonchev–Trinajstić information content (AvgIpc) is 2.87. The summed E-state index contributed by atoms with van der Waals surface area (Å²) in [5.74, 6) is -0.277. The molecule has 0 aromatic heterocycles. The Hall–Kier alpha value is -2.04. The number of aryl methyl sites for hydroxylation is 1. The van der Waals surface area contributed by atoms with Crippen LogP contribution in [0.2, 0.25) is 0 Å². The number of methoxy groups -OCH3 is 1. The van der Waals surface area contributed by atoms with Crippen molar-refractivity contribution in [2.75, 3.05) is 13.7 Å². The van der Waals surface area contributed by atoms with E-state index in [2.05, 4.69) is 6.92 Å². The summed E-state index contributed by atoms with van der Waals surface area (Å²) in [6, 6.07) is 5.38. The summed E-state index contributed by atoms with van der Waals surface area (Å²) in [4.78, 5) is 26.1. The van der Waals surface area contributed by atoms with E-state index in [-0.39, 0.29) is 0 Å². The summed E-state index contributed by atoms with van der Waals surface area (Å²) in [6.07, 6.45) is 18.6. The number of benzene rings is 1. The van der Waals surface area contributed by atoms with Gasteiger partial charge in [0.25, 0.3) is 0 Å². The molecule has 0 aliphatic rings. The molecule has 0 saturated carbocycles. The fraction of sp³-hybridized carbons (Fsp3) is 0.742. The van der Waals surface area contributed by atoms with Gasteiger partial charge in [-0.2, -0.15) is 0 Å². The summed E-state index contributed by atoms with van der Waals surface area (Å²) in [6.45, 7) is 8.17. The zero-order chi connectivity index (χ0) is 26.7. The lowest BCUT2D eigenvalue weighted by Crippen LogP contribution is -2.42. The third kappa shape index (κ3) is 11.3. The molecule has 0 aliphatic heterocycles. The summed E-state index contributed by atoms with van der Waals surface area (Å²) in [5.41, 5.74) is -0.359. The van der Waals surface area contributed by atoms with Gasteiger partial charge in [-0.3, -0.25) is 9.59 Å². The summed E-state index contributed by atoms with van der Waals surface area (Å²) in [5, 5.41) is 0. The number of carbonyl (C=O) groups is 2. The molecule has 0 bridgehead atoms. The molecule has 0 spiro atoms. The van der Waals surface area contributed by atoms with Crippen LogP contribution in [0.25, 0.3) is 0 Å². The molecule has 0 aliphatic carbocycles. The summed E-state index contributed by atoms with van der Waals surface area (Å²) < 4.78 is 16.5. The van der Waals surface area contributed by atoms with Gasteiger partial charge in [0.1, 0.15) is 0 Å². The van der Waals surface area contributed by atoms with Crippen molar-refractivity contribution in [3.63, 3.8) is 0 Å². The topological polar surface area (TPSA) is 61.8 Å². The van der Waals surface area contributed by atoms with E-state index in [0.29, 0.717) is 30.9 Å². The van der Waals surface area contributed by atoms with Crippen LogP contribution in [0.5, 0.6) is 11.5 Å². The quantitative estimate of drug-likeness (QED) is 0.0725. The van der Waals surface area contributed by atoms with Gasteiger partial charge in [-0.25, -0.2) is 0 Å². The molecule has 0 fully saturated rings. The van der Waals surface area contributed by atoms with Gasteiger partial charge in [0.15, 0.2) is 16.9 Å². The lowest BCUT2D eigenvalue weighted by Gasteiger charge is -2.27. The van der Waals surface area contributed by atoms with E-state index < -0.39 is 17.4 Å². The van der Waals surface area contributed by atoms with E-state index >= 15 is 0 Å². The molecule has 206 valence electrons. The van der Waals surface area contributed by atoms with Crippen molar-refractivity contribution in [2.24, 2.45) is 5.41 Å². The Morgan fingerprint density at radius 2 is 1.19 bits per heavy atom. The van der Waals surface area contributed by atoms with Crippen LogP contribution in [-0.4, -0.2) is 25.7 Å². The predicted molar refractivity (Wildman–Crippen MR) is 148 cm³/mol. The van der Waals surface area contributed by atoms with Crippen LogP contribution in [-0.2, 0) is 14.3 Å². The molecule has 5 heteroatoms. The second-order valence-corrected chi connectivity index (χ2v) is 10.1. The van der Waals surface area contributed by atoms with Crippen LogP contribution in [0.15, 0.2) is 18.2 Å². The Labute approximate surface area is 220 Å². The largest absolute Gasteiger partial charge is 0.493 e. The highest BCUT2D eigenvalue weighted by Gasteiger charge is 2.46. The van der Waals surface area contributed by atoms with Crippen LogP contribution in [0.1, 0.15) is 129 Å². The van der Waals surface area contributed by atoms with Crippen LogP contribution in [0.4, 0.5) is 0 Å². The highest BCUT2D eigenvalue weighted by molar-refractivity contribution is 6.00. The number of carbonyl (C=O) groups excluding carboxylic acids is 2. The van der Waals surface area contributed by atoms with Gasteiger partial charge in [0.2, 0.25) is 0 Å². The van der Waals surface area contributed by atoms with Gasteiger partial charge in [-0.15, -0.1) is 0 Å². The fourth-order valence-electron chi connectivity index (χ4n) is 4.57. The summed E-state index contributed by atoms with van der Waals surface area (Å²) >= 11 is 0. The highest BCUT2D eigenvalue weighted by Crippen LogP contribution is 2.34. The van der Waals surface area contributed by atoms with Gasteiger partial charge in [0.05, 0.1) is 13.7 Å². The number of rotatable bonds is 21. The second kappa shape index (κ2) is 19.1. The van der Waals surface area contributed by atoms with Gasteiger partial charge in [0, 0.05) is 0 Å². The maximum Gasteiger partial charge on any atom is 0.328 e. The summed E-state index contributed by atoms with van der Waals surface area (Å²) in [7, 11) is 1.53. The van der Waals surface area contributed by atoms with E-state index in [1.54, 1.807) is 12.1 Å². The molecule has 0 unspecified atom stereocenters. The first-order valence-corrected chi connectivity index (χ1v) is 14.5. The monoisotopic (exact) mass is 504 g/mol. The van der Waals surface area contributed by atoms with E-state index in [0.717, 1.165) is 24.8 Å². The van der Waals surface area contributed by atoms with Gasteiger partial charge in [-0.05, 0) is 43.9 Å². The Kier molecular flexibility index (Phi) is 17.0. The zero-order valence-electron chi connectivity index (χ0n) is 23.8. The van der Waals surface area contributed by atoms with Gasteiger partial charge in [-0.1, -0.05) is 110 Å². The molecule has 1 aromatic rings. The maximum atomic E-state index is 13.1. The smallest absolute Gasteiger partial charge is 0.328 e. The first kappa shape index (κ1) is 32.0. The molecule has 0 amide bonds. The Morgan fingerprint density at radius 3 is 1.67 bits per heavy atom. The molecule has 5 nitrogen and oxygen atoms in total. The molecule has 1 aromatic carbocycles. The lowest BCUT2D eigenvalue weighted by molar-refractivity contribution is -0.168. The molecule has 36 heavy (non-hydrogen) atoms. The lowest BCUT2D eigenvalue weighted by atomic mass is 9.82. The SMILES string of the molecule is CCCCCCCCCCCCCCCCOC(=O)C(CC)(CC)C(=O)Oc1cc(C)ccc1OC. The predicted octanol–water partition coefficient (Wildman–Crippen LogP) is 8.74. The van der Waals surface area contributed by atoms with Crippen molar-refractivity contribution >= 4 is 11.9 Å². The Bertz CT molecular complexity index is 738. The molecule has 0 heterocycles. The number of unbranched alkanes of at least 4 members (excludes halogenated alkanes) is 13. The van der Waals surface area contributed by atoms with E-state index in [1.807, 2.05) is 26.8 Å². The minimum atomic E-state index is -1.30. The van der Waals surface area contributed by atoms with Crippen LogP contribution < -0.4 is 9.47 Å². The Morgan fingerprint density at radius 1 is 0.694 bits per heavy atom. The Balaban J connectivity index is 2.29. The van der Waals surface area contributed by atoms with E-state index in [4.69, 9.17) is 14.2 Å². The van der Waals surface area contributed by atoms with Crippen molar-refractivity contribution in [2.45, 2.75) is 130 Å². The maximum absolute atomic E-state index is 13.1. The van der Waals surface area contributed by atoms with Crippen molar-refractivity contribution in [3.05, 3.63) is 23.8 Å². The van der Waals surface area contributed by atoms with E-state index in [1.165, 1.54) is 77.7 Å². The standard InChI is InChI=1S/C31H52O5/c1-6-9-10-11-12-13-14-15-16-17-18-19-20-21-24-35-29(32)31(7-2,8-3)30(33)36-28-25-26(4)22-23-27(28)34-5/h22-23,25H,6-21,24H2,1-5H3. The molecule has 0 radical (unpaired) electrons. The minimum Gasteiger partial charge on any atom is -0.493 e. The molecule has 0 saturated heterocycles. The number of hydrogen-bond donors (Lipinski definition) is 0. The van der Waals surface area contributed by atoms with Crippen LogP contribution in [0, 0.1) is 12.3 Å². The average molecular weight is 505 g/mol. The third-order valence-corrected chi connectivity index (χ3v) is 7.24. The number of esters is 2. The molecule has 1 rings (SSSR count). The molecule has 0 N–H and O–H groups in total. The zero-order valence-corrected chi connectivity index (χ0v) is 23.8. The third-order valence-electron chi connectivity index (χ3n) is 7.24. The van der Waals surface area contributed by atoms with Crippen molar-refractivity contribution in [1.82, 2.24) is 0 Å². The fourth-order valence-corrected chi connectivity index (χ4v) is 4.57. The second-order valence-electron chi connectivity index (χ2n) is 10.1.